The van der Waals surface area contributed by atoms with Crippen LogP contribution in [0.4, 0.5) is 6.01 Å². The maximum absolute atomic E-state index is 5.36. The van der Waals surface area contributed by atoms with Crippen molar-refractivity contribution in [3.8, 4) is 16.3 Å². The van der Waals surface area contributed by atoms with Crippen molar-refractivity contribution < 1.29 is 9.15 Å². The van der Waals surface area contributed by atoms with Crippen LogP contribution >= 0.6 is 11.3 Å². The molecule has 0 aliphatic carbocycles. The fourth-order valence-corrected chi connectivity index (χ4v) is 2.75. The molecule has 0 fully saturated rings. The Hall–Kier alpha value is -2.41. The molecule has 3 rings (SSSR count). The molecule has 0 saturated heterocycles. The molecule has 0 bridgehead atoms. The average molecular weight is 302 g/mol. The van der Waals surface area contributed by atoms with Crippen molar-refractivity contribution in [2.24, 2.45) is 0 Å². The van der Waals surface area contributed by atoms with Gasteiger partial charge in [-0.3, -0.25) is 0 Å². The molecule has 0 spiro atoms. The van der Waals surface area contributed by atoms with E-state index < -0.39 is 0 Å². The van der Waals surface area contributed by atoms with E-state index in [1.165, 1.54) is 0 Å². The van der Waals surface area contributed by atoms with E-state index in [1.807, 2.05) is 30.5 Å². The summed E-state index contributed by atoms with van der Waals surface area (Å²) in [5, 5.41) is 11.7. The van der Waals surface area contributed by atoms with E-state index >= 15 is 0 Å². The quantitative estimate of drug-likeness (QED) is 0.780. The van der Waals surface area contributed by atoms with Gasteiger partial charge in [0.15, 0.2) is 0 Å². The van der Waals surface area contributed by atoms with E-state index in [0.717, 1.165) is 21.2 Å². The third-order valence-corrected chi connectivity index (χ3v) is 3.86. The Morgan fingerprint density at radius 2 is 2.14 bits per heavy atom. The molecule has 0 amide bonds. The second-order valence-corrected chi connectivity index (χ2v) is 5.43. The lowest BCUT2D eigenvalue weighted by Crippen LogP contribution is -1.97. The minimum absolute atomic E-state index is 0.416. The van der Waals surface area contributed by atoms with E-state index in [9.17, 15) is 0 Å². The predicted octanol–water partition coefficient (Wildman–Crippen LogP) is 3.12. The third-order valence-electron chi connectivity index (χ3n) is 2.83. The highest BCUT2D eigenvalue weighted by Gasteiger charge is 2.10. The maximum atomic E-state index is 5.36. The van der Waals surface area contributed by atoms with Crippen molar-refractivity contribution in [3.63, 3.8) is 0 Å². The molecule has 0 radical (unpaired) electrons. The number of nitrogens with zero attached hydrogens (tertiary/aromatic N) is 3. The van der Waals surface area contributed by atoms with Gasteiger partial charge in [0.1, 0.15) is 10.8 Å². The second-order valence-electron chi connectivity index (χ2n) is 4.31. The molecule has 1 N–H and O–H groups in total. The first kappa shape index (κ1) is 13.6. The lowest BCUT2D eigenvalue weighted by molar-refractivity contribution is 0.416. The molecule has 3 aromatic rings. The van der Waals surface area contributed by atoms with Crippen molar-refractivity contribution in [1.82, 2.24) is 15.2 Å². The highest BCUT2D eigenvalue weighted by atomic mass is 32.1. The molecule has 21 heavy (non-hydrogen) atoms. The predicted molar refractivity (Wildman–Crippen MR) is 80.5 cm³/mol. The minimum Gasteiger partial charge on any atom is -0.496 e. The summed E-state index contributed by atoms with van der Waals surface area (Å²) in [5.41, 5.74) is 0.991. The Morgan fingerprint density at radius 1 is 1.29 bits per heavy atom. The molecule has 0 aliphatic rings. The monoisotopic (exact) mass is 302 g/mol. The van der Waals surface area contributed by atoms with Gasteiger partial charge < -0.3 is 14.5 Å². The molecule has 0 aliphatic heterocycles. The van der Waals surface area contributed by atoms with Crippen LogP contribution in [0.3, 0.4) is 0 Å². The molecule has 7 heteroatoms. The molecule has 0 unspecified atom stereocenters. The summed E-state index contributed by atoms with van der Waals surface area (Å²) in [6, 6.07) is 8.25. The number of benzene rings is 1. The zero-order valence-electron chi connectivity index (χ0n) is 11.7. The number of thiazole rings is 1. The summed E-state index contributed by atoms with van der Waals surface area (Å²) >= 11 is 1.60. The lowest BCUT2D eigenvalue weighted by atomic mass is 10.2. The number of methoxy groups -OCH3 is 1. The third kappa shape index (κ3) is 3.03. The van der Waals surface area contributed by atoms with Gasteiger partial charge in [-0.1, -0.05) is 17.2 Å². The van der Waals surface area contributed by atoms with Crippen LogP contribution in [-0.4, -0.2) is 22.3 Å². The van der Waals surface area contributed by atoms with Crippen molar-refractivity contribution in [2.45, 2.75) is 13.5 Å². The Bertz CT molecular complexity index is 738. The molecule has 0 atom stereocenters. The van der Waals surface area contributed by atoms with Gasteiger partial charge in [-0.25, -0.2) is 4.98 Å². The van der Waals surface area contributed by atoms with Crippen LogP contribution in [0, 0.1) is 6.92 Å². The number of aryl methyl sites for hydroxylation is 1. The van der Waals surface area contributed by atoms with Gasteiger partial charge in [-0.2, -0.15) is 0 Å². The zero-order chi connectivity index (χ0) is 14.7. The van der Waals surface area contributed by atoms with Gasteiger partial charge in [-0.05, 0) is 12.1 Å². The van der Waals surface area contributed by atoms with Crippen LogP contribution in [0.15, 0.2) is 34.9 Å². The van der Waals surface area contributed by atoms with Gasteiger partial charge in [0.2, 0.25) is 5.89 Å². The van der Waals surface area contributed by atoms with Crippen LogP contribution in [0.1, 0.15) is 10.8 Å². The topological polar surface area (TPSA) is 73.1 Å². The first-order valence-electron chi connectivity index (χ1n) is 6.38. The summed E-state index contributed by atoms with van der Waals surface area (Å²) in [6.07, 6.45) is 1.84. The van der Waals surface area contributed by atoms with Crippen LogP contribution in [0.25, 0.3) is 10.6 Å². The number of para-hydroxylation sites is 1. The normalized spacial score (nSPS) is 10.6. The zero-order valence-corrected chi connectivity index (χ0v) is 12.5. The van der Waals surface area contributed by atoms with E-state index in [1.54, 1.807) is 25.4 Å². The van der Waals surface area contributed by atoms with E-state index in [2.05, 4.69) is 20.5 Å². The lowest BCUT2D eigenvalue weighted by Gasteiger charge is -2.04. The SMILES string of the molecule is COc1ccccc1-c1ncc(CNc2nnc(C)o2)s1. The smallest absolute Gasteiger partial charge is 0.315 e. The van der Waals surface area contributed by atoms with E-state index in [0.29, 0.717) is 18.5 Å². The molecule has 108 valence electrons. The summed E-state index contributed by atoms with van der Waals surface area (Å²) in [6.45, 7) is 2.35. The highest BCUT2D eigenvalue weighted by molar-refractivity contribution is 7.15. The number of rotatable bonds is 5. The van der Waals surface area contributed by atoms with Crippen LogP contribution < -0.4 is 10.1 Å². The average Bonchev–Trinajstić information content (AvgIpc) is 3.14. The van der Waals surface area contributed by atoms with Crippen molar-refractivity contribution in [2.75, 3.05) is 12.4 Å². The highest BCUT2D eigenvalue weighted by Crippen LogP contribution is 2.32. The number of nitrogens with one attached hydrogen (secondary N) is 1. The molecular formula is C14H14N4O2S. The Labute approximate surface area is 125 Å². The first-order chi connectivity index (χ1) is 10.3. The second kappa shape index (κ2) is 5.92. The summed E-state index contributed by atoms with van der Waals surface area (Å²) < 4.78 is 10.6. The van der Waals surface area contributed by atoms with Gasteiger partial charge in [0, 0.05) is 18.0 Å². The first-order valence-corrected chi connectivity index (χ1v) is 7.20. The fraction of sp³-hybridized carbons (Fsp3) is 0.214. The largest absolute Gasteiger partial charge is 0.496 e. The van der Waals surface area contributed by atoms with Crippen LogP contribution in [0.2, 0.25) is 0 Å². The number of hydrogen-bond acceptors (Lipinski definition) is 7. The van der Waals surface area contributed by atoms with Gasteiger partial charge in [-0.15, -0.1) is 16.4 Å². The van der Waals surface area contributed by atoms with Gasteiger partial charge in [0.05, 0.1) is 19.2 Å². The molecule has 2 aromatic heterocycles. The Kier molecular flexibility index (Phi) is 3.83. The summed E-state index contributed by atoms with van der Waals surface area (Å²) in [7, 11) is 1.66. The molecular weight excluding hydrogens is 288 g/mol. The minimum atomic E-state index is 0.416. The number of ether oxygens (including phenoxy) is 1. The molecule has 2 heterocycles. The van der Waals surface area contributed by atoms with Crippen LogP contribution in [-0.2, 0) is 6.54 Å². The number of hydrogen-bond donors (Lipinski definition) is 1. The Balaban J connectivity index is 1.74. The summed E-state index contributed by atoms with van der Waals surface area (Å²) in [5.74, 6) is 1.36. The number of aromatic nitrogens is 3. The number of anilines is 1. The van der Waals surface area contributed by atoms with E-state index in [-0.39, 0.29) is 0 Å². The molecule has 1 aromatic carbocycles. The Morgan fingerprint density at radius 3 is 2.90 bits per heavy atom. The fourth-order valence-electron chi connectivity index (χ4n) is 1.87. The van der Waals surface area contributed by atoms with Crippen molar-refractivity contribution >= 4 is 17.4 Å². The molecule has 6 nitrogen and oxygen atoms in total. The van der Waals surface area contributed by atoms with E-state index in [4.69, 9.17) is 9.15 Å². The summed E-state index contributed by atoms with van der Waals surface area (Å²) in [4.78, 5) is 5.52. The van der Waals surface area contributed by atoms with Crippen molar-refractivity contribution in [3.05, 3.63) is 41.2 Å². The van der Waals surface area contributed by atoms with Gasteiger partial charge in [0.25, 0.3) is 0 Å². The van der Waals surface area contributed by atoms with Crippen LogP contribution in [0.5, 0.6) is 5.75 Å². The van der Waals surface area contributed by atoms with Crippen molar-refractivity contribution in [1.29, 1.82) is 0 Å². The molecule has 0 saturated carbocycles. The maximum Gasteiger partial charge on any atom is 0.315 e. The standard InChI is InChI=1S/C14H14N4O2S/c1-9-17-18-14(20-9)16-8-10-7-15-13(21-10)11-5-3-4-6-12(11)19-2/h3-7H,8H2,1-2H3,(H,16,18). The van der Waals surface area contributed by atoms with Gasteiger partial charge >= 0.3 is 6.01 Å².